The van der Waals surface area contributed by atoms with Crippen molar-refractivity contribution in [2.24, 2.45) is 5.73 Å². The minimum atomic E-state index is -0.163. The quantitative estimate of drug-likeness (QED) is 0.839. The van der Waals surface area contributed by atoms with E-state index in [1.165, 1.54) is 0 Å². The van der Waals surface area contributed by atoms with E-state index in [0.29, 0.717) is 10.0 Å². The largest absolute Gasteiger partial charge is 0.395 e. The van der Waals surface area contributed by atoms with E-state index >= 15 is 0 Å². The zero-order chi connectivity index (χ0) is 10.6. The molecule has 1 atom stereocenters. The van der Waals surface area contributed by atoms with E-state index in [4.69, 9.17) is 34.0 Å². The Morgan fingerprint density at radius 1 is 1.29 bits per heavy atom. The fourth-order valence-electron chi connectivity index (χ4n) is 1.14. The van der Waals surface area contributed by atoms with Gasteiger partial charge in [0.15, 0.2) is 0 Å². The fraction of sp³-hybridized carbons (Fsp3) is 0.400. The number of aryl methyl sites for hydroxylation is 1. The predicted octanol–water partition coefficient (Wildman–Crippen LogP) is 2.25. The Bertz CT molecular complexity index is 304. The van der Waals surface area contributed by atoms with Crippen LogP contribution in [0.3, 0.4) is 0 Å². The van der Waals surface area contributed by atoms with Crippen LogP contribution in [0.25, 0.3) is 0 Å². The molecule has 0 bridgehead atoms. The van der Waals surface area contributed by atoms with E-state index in [9.17, 15) is 0 Å². The van der Waals surface area contributed by atoms with Gasteiger partial charge in [-0.25, -0.2) is 0 Å². The van der Waals surface area contributed by atoms with Crippen molar-refractivity contribution in [2.75, 3.05) is 6.61 Å². The molecule has 0 saturated carbocycles. The van der Waals surface area contributed by atoms with Gasteiger partial charge in [0.25, 0.3) is 0 Å². The summed E-state index contributed by atoms with van der Waals surface area (Å²) >= 11 is 11.6. The zero-order valence-corrected chi connectivity index (χ0v) is 9.22. The molecule has 0 spiro atoms. The summed E-state index contributed by atoms with van der Waals surface area (Å²) < 4.78 is 0. The van der Waals surface area contributed by atoms with Crippen LogP contribution in [0.2, 0.25) is 10.0 Å². The van der Waals surface area contributed by atoms with Crippen LogP contribution in [-0.4, -0.2) is 17.8 Å². The molecule has 0 amide bonds. The van der Waals surface area contributed by atoms with Gasteiger partial charge in [-0.2, -0.15) is 0 Å². The SMILES string of the molecule is NC(CO)CCc1ccc(Cl)c(Cl)c1. The van der Waals surface area contributed by atoms with Crippen LogP contribution in [-0.2, 0) is 6.42 Å². The lowest BCUT2D eigenvalue weighted by Gasteiger charge is -2.08. The second kappa shape index (κ2) is 5.56. The summed E-state index contributed by atoms with van der Waals surface area (Å²) in [7, 11) is 0. The Morgan fingerprint density at radius 2 is 2.00 bits per heavy atom. The summed E-state index contributed by atoms with van der Waals surface area (Å²) in [5.74, 6) is 0. The third-order valence-corrected chi connectivity index (χ3v) is 2.76. The number of hydrogen-bond acceptors (Lipinski definition) is 2. The Kier molecular flexibility index (Phi) is 4.69. The highest BCUT2D eigenvalue weighted by Crippen LogP contribution is 2.23. The third-order valence-electron chi connectivity index (χ3n) is 2.02. The first kappa shape index (κ1) is 11.8. The zero-order valence-electron chi connectivity index (χ0n) is 7.71. The van der Waals surface area contributed by atoms with Gasteiger partial charge in [-0.05, 0) is 30.5 Å². The van der Waals surface area contributed by atoms with Crippen molar-refractivity contribution in [3.05, 3.63) is 33.8 Å². The molecular formula is C10H13Cl2NO. The number of rotatable bonds is 4. The Hall–Kier alpha value is -0.280. The standard InChI is InChI=1S/C10H13Cl2NO/c11-9-4-2-7(5-10(9)12)1-3-8(13)6-14/h2,4-5,8,14H,1,3,6,13H2. The van der Waals surface area contributed by atoms with E-state index in [0.717, 1.165) is 18.4 Å². The number of hydrogen-bond donors (Lipinski definition) is 2. The molecule has 0 heterocycles. The molecule has 0 aliphatic heterocycles. The van der Waals surface area contributed by atoms with Gasteiger partial charge in [0, 0.05) is 6.04 Å². The smallest absolute Gasteiger partial charge is 0.0595 e. The topological polar surface area (TPSA) is 46.2 Å². The maximum absolute atomic E-state index is 8.74. The van der Waals surface area contributed by atoms with Crippen molar-refractivity contribution in [1.29, 1.82) is 0 Å². The molecule has 0 saturated heterocycles. The van der Waals surface area contributed by atoms with Crippen LogP contribution in [0.1, 0.15) is 12.0 Å². The lowest BCUT2D eigenvalue weighted by molar-refractivity contribution is 0.260. The maximum Gasteiger partial charge on any atom is 0.0595 e. The van der Waals surface area contributed by atoms with Gasteiger partial charge in [0.1, 0.15) is 0 Å². The van der Waals surface area contributed by atoms with Crippen molar-refractivity contribution in [1.82, 2.24) is 0 Å². The average molecular weight is 234 g/mol. The summed E-state index contributed by atoms with van der Waals surface area (Å²) in [6, 6.07) is 5.35. The molecular weight excluding hydrogens is 221 g/mol. The highest BCUT2D eigenvalue weighted by molar-refractivity contribution is 6.42. The first-order chi connectivity index (χ1) is 6.63. The Morgan fingerprint density at radius 3 is 2.57 bits per heavy atom. The average Bonchev–Trinajstić information content (AvgIpc) is 2.19. The number of halogens is 2. The first-order valence-electron chi connectivity index (χ1n) is 4.44. The van der Waals surface area contributed by atoms with Crippen LogP contribution >= 0.6 is 23.2 Å². The number of benzene rings is 1. The molecule has 0 fully saturated rings. The molecule has 0 radical (unpaired) electrons. The first-order valence-corrected chi connectivity index (χ1v) is 5.19. The van der Waals surface area contributed by atoms with E-state index in [-0.39, 0.29) is 12.6 Å². The Balaban J connectivity index is 2.55. The molecule has 3 N–H and O–H groups in total. The normalized spacial score (nSPS) is 12.9. The Labute approximate surface area is 93.6 Å². The van der Waals surface area contributed by atoms with Crippen LogP contribution in [0.4, 0.5) is 0 Å². The van der Waals surface area contributed by atoms with Crippen molar-refractivity contribution in [3.63, 3.8) is 0 Å². The molecule has 0 aromatic heterocycles. The lowest BCUT2D eigenvalue weighted by atomic mass is 10.1. The molecule has 0 aliphatic rings. The minimum absolute atomic E-state index is 0.0152. The molecule has 1 rings (SSSR count). The molecule has 4 heteroatoms. The van der Waals surface area contributed by atoms with Gasteiger partial charge in [0.2, 0.25) is 0 Å². The monoisotopic (exact) mass is 233 g/mol. The van der Waals surface area contributed by atoms with E-state index in [1.807, 2.05) is 12.1 Å². The third kappa shape index (κ3) is 3.46. The van der Waals surface area contributed by atoms with Gasteiger partial charge >= 0.3 is 0 Å². The second-order valence-electron chi connectivity index (χ2n) is 3.23. The van der Waals surface area contributed by atoms with Crippen LogP contribution < -0.4 is 5.73 Å². The van der Waals surface area contributed by atoms with Crippen molar-refractivity contribution in [3.8, 4) is 0 Å². The highest BCUT2D eigenvalue weighted by Gasteiger charge is 2.03. The van der Waals surface area contributed by atoms with Crippen molar-refractivity contribution in [2.45, 2.75) is 18.9 Å². The highest BCUT2D eigenvalue weighted by atomic mass is 35.5. The van der Waals surface area contributed by atoms with Crippen LogP contribution in [0.15, 0.2) is 18.2 Å². The maximum atomic E-state index is 8.74. The van der Waals surface area contributed by atoms with E-state index < -0.39 is 0 Å². The van der Waals surface area contributed by atoms with Gasteiger partial charge in [-0.1, -0.05) is 29.3 Å². The number of nitrogens with two attached hydrogens (primary N) is 1. The molecule has 2 nitrogen and oxygen atoms in total. The van der Waals surface area contributed by atoms with Crippen molar-refractivity contribution >= 4 is 23.2 Å². The van der Waals surface area contributed by atoms with Crippen LogP contribution in [0.5, 0.6) is 0 Å². The minimum Gasteiger partial charge on any atom is -0.395 e. The number of aliphatic hydroxyl groups is 1. The second-order valence-corrected chi connectivity index (χ2v) is 4.04. The summed E-state index contributed by atoms with van der Waals surface area (Å²) in [6.45, 7) is 0.0152. The van der Waals surface area contributed by atoms with Crippen molar-refractivity contribution < 1.29 is 5.11 Å². The summed E-state index contributed by atoms with van der Waals surface area (Å²) in [4.78, 5) is 0. The van der Waals surface area contributed by atoms with Gasteiger partial charge in [-0.15, -0.1) is 0 Å². The van der Waals surface area contributed by atoms with Gasteiger partial charge in [0.05, 0.1) is 16.7 Å². The summed E-state index contributed by atoms with van der Waals surface area (Å²) in [5, 5.41) is 9.85. The van der Waals surface area contributed by atoms with E-state index in [2.05, 4.69) is 0 Å². The number of aliphatic hydroxyl groups excluding tert-OH is 1. The van der Waals surface area contributed by atoms with E-state index in [1.54, 1.807) is 6.07 Å². The molecule has 0 aliphatic carbocycles. The molecule has 1 unspecified atom stereocenters. The summed E-state index contributed by atoms with van der Waals surface area (Å²) in [6.07, 6.45) is 1.55. The molecule has 78 valence electrons. The molecule has 14 heavy (non-hydrogen) atoms. The van der Waals surface area contributed by atoms with Gasteiger partial charge in [-0.3, -0.25) is 0 Å². The molecule has 1 aromatic carbocycles. The van der Waals surface area contributed by atoms with Crippen LogP contribution in [0, 0.1) is 0 Å². The van der Waals surface area contributed by atoms with Gasteiger partial charge < -0.3 is 10.8 Å². The molecule has 1 aromatic rings. The summed E-state index contributed by atoms with van der Waals surface area (Å²) in [5.41, 5.74) is 6.67. The predicted molar refractivity (Wildman–Crippen MR) is 59.8 cm³/mol. The lowest BCUT2D eigenvalue weighted by Crippen LogP contribution is -2.24. The fourth-order valence-corrected chi connectivity index (χ4v) is 1.46.